The highest BCUT2D eigenvalue weighted by Crippen LogP contribution is 2.35. The van der Waals surface area contributed by atoms with Crippen LogP contribution in [0.25, 0.3) is 27.8 Å². The van der Waals surface area contributed by atoms with E-state index in [-0.39, 0.29) is 5.56 Å². The Kier molecular flexibility index (Phi) is 5.57. The normalized spacial score (nSPS) is 14.4. The van der Waals surface area contributed by atoms with Crippen LogP contribution in [0.1, 0.15) is 16.0 Å². The Morgan fingerprint density at radius 2 is 1.82 bits per heavy atom. The largest absolute Gasteiger partial charge is 0.301 e. The maximum Gasteiger partial charge on any atom is 0.268 e. The number of hydrogen-bond acceptors (Lipinski definition) is 6. The molecule has 170 valence electrons. The fourth-order valence-electron chi connectivity index (χ4n) is 4.46. The van der Waals surface area contributed by atoms with Crippen LogP contribution in [0.2, 0.25) is 0 Å². The van der Waals surface area contributed by atoms with Gasteiger partial charge in [-0.2, -0.15) is 0 Å². The van der Waals surface area contributed by atoms with Crippen molar-refractivity contribution in [2.75, 3.05) is 19.3 Å². The van der Waals surface area contributed by atoms with E-state index in [0.717, 1.165) is 46.3 Å². The Morgan fingerprint density at radius 3 is 2.62 bits per heavy atom. The van der Waals surface area contributed by atoms with Gasteiger partial charge in [0.25, 0.3) is 5.56 Å². The van der Waals surface area contributed by atoms with Crippen molar-refractivity contribution in [1.82, 2.24) is 24.1 Å². The van der Waals surface area contributed by atoms with Gasteiger partial charge in [-0.3, -0.25) is 4.79 Å². The smallest absolute Gasteiger partial charge is 0.268 e. The van der Waals surface area contributed by atoms with Crippen molar-refractivity contribution in [2.24, 2.45) is 0 Å². The molecule has 2 aromatic carbocycles. The lowest BCUT2D eigenvalue weighted by Gasteiger charge is -2.21. The zero-order chi connectivity index (χ0) is 23.1. The van der Waals surface area contributed by atoms with E-state index >= 15 is 0 Å². The minimum absolute atomic E-state index is 0.0105. The van der Waals surface area contributed by atoms with E-state index < -0.39 is 0 Å². The monoisotopic (exact) mass is 485 g/mol. The van der Waals surface area contributed by atoms with Gasteiger partial charge >= 0.3 is 0 Å². The van der Waals surface area contributed by atoms with E-state index in [2.05, 4.69) is 50.8 Å². The Balaban J connectivity index is 1.50. The number of thiophene rings is 1. The van der Waals surface area contributed by atoms with Crippen LogP contribution in [-0.4, -0.2) is 43.4 Å². The molecular weight excluding hydrogens is 462 g/mol. The molecule has 4 heterocycles. The predicted molar refractivity (Wildman–Crippen MR) is 140 cm³/mol. The predicted octanol–water partition coefficient (Wildman–Crippen LogP) is 4.89. The molecule has 6 rings (SSSR count). The lowest BCUT2D eigenvalue weighted by Crippen LogP contribution is -2.27. The molecular formula is C26H23N5OS2. The summed E-state index contributed by atoms with van der Waals surface area (Å²) in [7, 11) is 2.13. The van der Waals surface area contributed by atoms with Crippen LogP contribution in [0, 0.1) is 0 Å². The molecule has 0 fully saturated rings. The molecule has 3 aromatic heterocycles. The summed E-state index contributed by atoms with van der Waals surface area (Å²) in [5.41, 5.74) is 3.15. The summed E-state index contributed by atoms with van der Waals surface area (Å²) in [4.78, 5) is 18.4. The van der Waals surface area contributed by atoms with E-state index in [1.54, 1.807) is 27.7 Å². The van der Waals surface area contributed by atoms with Crippen LogP contribution >= 0.6 is 23.1 Å². The second-order valence-corrected chi connectivity index (χ2v) is 10.5. The fourth-order valence-corrected chi connectivity index (χ4v) is 6.67. The summed E-state index contributed by atoms with van der Waals surface area (Å²) in [6.07, 6.45) is 5.14. The number of nitrogens with zero attached hydrogens (tertiary/aromatic N) is 5. The summed E-state index contributed by atoms with van der Waals surface area (Å²) in [5, 5.41) is 10.6. The Morgan fingerprint density at radius 1 is 1.06 bits per heavy atom. The molecule has 0 radical (unpaired) electrons. The van der Waals surface area contributed by atoms with Gasteiger partial charge in [-0.25, -0.2) is 8.97 Å². The topological polar surface area (TPSA) is 55.4 Å². The highest BCUT2D eigenvalue weighted by Gasteiger charge is 2.26. The van der Waals surface area contributed by atoms with Crippen molar-refractivity contribution in [2.45, 2.75) is 18.1 Å². The molecule has 0 saturated carbocycles. The lowest BCUT2D eigenvalue weighted by molar-refractivity contribution is 0.318. The molecule has 0 aliphatic carbocycles. The highest BCUT2D eigenvalue weighted by atomic mass is 32.2. The number of hydrogen-bond donors (Lipinski definition) is 0. The first kappa shape index (κ1) is 21.3. The van der Waals surface area contributed by atoms with Gasteiger partial charge in [0.05, 0.1) is 11.1 Å². The Bertz CT molecular complexity index is 1570. The van der Waals surface area contributed by atoms with Crippen molar-refractivity contribution in [3.63, 3.8) is 0 Å². The van der Waals surface area contributed by atoms with Crippen molar-refractivity contribution >= 4 is 45.2 Å². The first-order valence-electron chi connectivity index (χ1n) is 11.2. The van der Waals surface area contributed by atoms with E-state index in [1.807, 2.05) is 48.5 Å². The van der Waals surface area contributed by atoms with Crippen molar-refractivity contribution < 1.29 is 0 Å². The summed E-state index contributed by atoms with van der Waals surface area (Å²) in [6.45, 7) is 1.82. The van der Waals surface area contributed by atoms with Gasteiger partial charge in [0.2, 0.25) is 5.78 Å². The van der Waals surface area contributed by atoms with Gasteiger partial charge in [-0.1, -0.05) is 72.4 Å². The van der Waals surface area contributed by atoms with Crippen LogP contribution in [0.4, 0.5) is 0 Å². The quantitative estimate of drug-likeness (QED) is 0.332. The average Bonchev–Trinajstić information content (AvgIpc) is 3.44. The van der Waals surface area contributed by atoms with Crippen LogP contribution < -0.4 is 5.56 Å². The summed E-state index contributed by atoms with van der Waals surface area (Å²) >= 11 is 3.33. The molecule has 0 saturated heterocycles. The molecule has 0 atom stereocenters. The third-order valence-electron chi connectivity index (χ3n) is 6.10. The zero-order valence-corrected chi connectivity index (χ0v) is 20.4. The minimum atomic E-state index is -0.0105. The number of fused-ring (bicyclic) bond motifs is 5. The van der Waals surface area contributed by atoms with E-state index in [0.29, 0.717) is 5.78 Å². The van der Waals surface area contributed by atoms with Crippen LogP contribution in [0.5, 0.6) is 0 Å². The van der Waals surface area contributed by atoms with Crippen molar-refractivity contribution in [3.8, 4) is 5.69 Å². The van der Waals surface area contributed by atoms with Crippen LogP contribution in [0.15, 0.2) is 76.7 Å². The second-order valence-electron chi connectivity index (χ2n) is 8.39. The number of rotatable bonds is 5. The third kappa shape index (κ3) is 3.68. The molecule has 1 aliphatic heterocycles. The number of aromatic nitrogens is 4. The summed E-state index contributed by atoms with van der Waals surface area (Å²) in [6, 6.07) is 20.0. The average molecular weight is 486 g/mol. The van der Waals surface area contributed by atoms with E-state index in [4.69, 9.17) is 0 Å². The van der Waals surface area contributed by atoms with Gasteiger partial charge in [0, 0.05) is 23.7 Å². The maximum atomic E-state index is 13.8. The summed E-state index contributed by atoms with van der Waals surface area (Å²) in [5.74, 6) is 1.32. The molecule has 0 bridgehead atoms. The Labute approximate surface area is 205 Å². The first-order chi connectivity index (χ1) is 16.7. The SMILES string of the molecule is CN1CCc2c(sc3c2c(=O)n(-c2ccccc2)c2nnc(SCC=Cc4ccccc4)n32)C1. The maximum absolute atomic E-state index is 13.8. The molecule has 0 N–H and O–H groups in total. The molecule has 1 aliphatic rings. The second kappa shape index (κ2) is 8.87. The molecule has 6 nitrogen and oxygen atoms in total. The number of thioether (sulfide) groups is 1. The van der Waals surface area contributed by atoms with Gasteiger partial charge in [0.15, 0.2) is 5.16 Å². The van der Waals surface area contributed by atoms with Crippen molar-refractivity contribution in [1.29, 1.82) is 0 Å². The Hall–Kier alpha value is -3.20. The molecule has 8 heteroatoms. The molecule has 5 aromatic rings. The highest BCUT2D eigenvalue weighted by molar-refractivity contribution is 7.99. The fraction of sp³-hybridized carbons (Fsp3) is 0.192. The van der Waals surface area contributed by atoms with Gasteiger partial charge in [-0.05, 0) is 36.7 Å². The molecule has 0 spiro atoms. The van der Waals surface area contributed by atoms with Gasteiger partial charge < -0.3 is 4.90 Å². The zero-order valence-electron chi connectivity index (χ0n) is 18.7. The van der Waals surface area contributed by atoms with Crippen LogP contribution in [0.3, 0.4) is 0 Å². The number of para-hydroxylation sites is 1. The van der Waals surface area contributed by atoms with Crippen molar-refractivity contribution in [3.05, 3.63) is 93.1 Å². The van der Waals surface area contributed by atoms with E-state index in [9.17, 15) is 4.79 Å². The number of likely N-dealkylation sites (N-methyl/N-ethyl adjacent to an activating group) is 1. The van der Waals surface area contributed by atoms with E-state index in [1.165, 1.54) is 16.0 Å². The molecule has 34 heavy (non-hydrogen) atoms. The minimum Gasteiger partial charge on any atom is -0.301 e. The van der Waals surface area contributed by atoms with Gasteiger partial charge in [-0.15, -0.1) is 21.5 Å². The molecule has 0 unspecified atom stereocenters. The first-order valence-corrected chi connectivity index (χ1v) is 13.0. The molecule has 0 amide bonds. The lowest BCUT2D eigenvalue weighted by atomic mass is 10.1. The number of benzene rings is 2. The van der Waals surface area contributed by atoms with Crippen LogP contribution in [-0.2, 0) is 13.0 Å². The summed E-state index contributed by atoms with van der Waals surface area (Å²) < 4.78 is 3.79. The standard InChI is InChI=1S/C26H23N5OS2/c1-29-15-14-20-21(17-29)34-24-22(20)23(32)30(19-12-6-3-7-13-19)25-27-28-26(31(24)25)33-16-8-11-18-9-4-2-5-10-18/h2-13H,14-17H2,1H3. The van der Waals surface area contributed by atoms with Gasteiger partial charge in [0.1, 0.15) is 4.83 Å². The third-order valence-corrected chi connectivity index (χ3v) is 8.18.